The first-order valence-corrected chi connectivity index (χ1v) is 12.4. The smallest absolute Gasteiger partial charge is 0.274 e. The molecule has 1 amide bonds. The molecule has 4 aromatic rings. The van der Waals surface area contributed by atoms with Gasteiger partial charge in [0.15, 0.2) is 0 Å². The van der Waals surface area contributed by atoms with E-state index in [0.29, 0.717) is 22.7 Å². The lowest BCUT2D eigenvalue weighted by Crippen LogP contribution is -2.35. The molecule has 0 spiro atoms. The van der Waals surface area contributed by atoms with Crippen LogP contribution in [-0.2, 0) is 16.1 Å². The molecule has 2 aromatic heterocycles. The predicted octanol–water partition coefficient (Wildman–Crippen LogP) is 4.50. The van der Waals surface area contributed by atoms with E-state index in [0.717, 1.165) is 49.5 Å². The molecular weight excluding hydrogens is 499 g/mol. The molecule has 2 aromatic carbocycles. The number of carbonyl (C=O) groups excluding carboxylic acids is 1. The summed E-state index contributed by atoms with van der Waals surface area (Å²) in [7, 11) is 0. The van der Waals surface area contributed by atoms with Crippen LogP contribution in [-0.4, -0.2) is 52.8 Å². The van der Waals surface area contributed by atoms with E-state index in [2.05, 4.69) is 26.3 Å². The second-order valence-electron chi connectivity index (χ2n) is 9.04. The molecule has 0 bridgehead atoms. The lowest BCUT2D eigenvalue weighted by atomic mass is 9.99. The number of nitrogens with zero attached hydrogens (tertiary/aromatic N) is 3. The average Bonchev–Trinajstić information content (AvgIpc) is 2.96. The highest BCUT2D eigenvalue weighted by Crippen LogP contribution is 2.26. The van der Waals surface area contributed by atoms with Crippen molar-refractivity contribution in [2.24, 2.45) is 0 Å². The van der Waals surface area contributed by atoms with E-state index >= 15 is 0 Å². The van der Waals surface area contributed by atoms with Gasteiger partial charge in [0.1, 0.15) is 17.3 Å². The zero-order valence-electron chi connectivity index (χ0n) is 21.1. The van der Waals surface area contributed by atoms with Crippen molar-refractivity contribution in [2.75, 3.05) is 37.4 Å². The van der Waals surface area contributed by atoms with Gasteiger partial charge >= 0.3 is 0 Å². The molecule has 10 heteroatoms. The van der Waals surface area contributed by atoms with Crippen LogP contribution in [0.2, 0.25) is 0 Å². The normalized spacial score (nSPS) is 13.6. The molecule has 39 heavy (non-hydrogen) atoms. The van der Waals surface area contributed by atoms with Crippen LogP contribution in [0.15, 0.2) is 79.3 Å². The Morgan fingerprint density at radius 1 is 1.03 bits per heavy atom. The topological polar surface area (TPSA) is 126 Å². The quantitative estimate of drug-likeness (QED) is 0.228. The minimum absolute atomic E-state index is 0.274. The summed E-state index contributed by atoms with van der Waals surface area (Å²) in [6, 6.07) is 16.0. The summed E-state index contributed by atoms with van der Waals surface area (Å²) in [6.07, 6.45) is 5.01. The van der Waals surface area contributed by atoms with Crippen LogP contribution in [0.3, 0.4) is 0 Å². The lowest BCUT2D eigenvalue weighted by Gasteiger charge is -2.26. The number of amides is 1. The van der Waals surface area contributed by atoms with Crippen LogP contribution in [0, 0.1) is 11.2 Å². The van der Waals surface area contributed by atoms with E-state index < -0.39 is 5.91 Å². The van der Waals surface area contributed by atoms with Gasteiger partial charge in [-0.3, -0.25) is 20.1 Å². The number of rotatable bonds is 8. The van der Waals surface area contributed by atoms with Crippen molar-refractivity contribution < 1.29 is 18.7 Å². The number of nitrogen functional groups attached to an aromatic ring is 1. The Hall–Kier alpha value is -4.67. The van der Waals surface area contributed by atoms with Gasteiger partial charge < -0.3 is 20.5 Å². The second-order valence-corrected chi connectivity index (χ2v) is 9.04. The number of benzene rings is 2. The van der Waals surface area contributed by atoms with E-state index in [9.17, 15) is 9.18 Å². The second kappa shape index (κ2) is 11.8. The number of aromatic nitrogens is 2. The summed E-state index contributed by atoms with van der Waals surface area (Å²) in [5.41, 5.74) is 9.62. The summed E-state index contributed by atoms with van der Waals surface area (Å²) in [5, 5.41) is 11.2. The number of hydrogen-bond donors (Lipinski definition) is 3. The molecular formula is C29H27FN6O3. The molecule has 4 N–H and O–H groups in total. The van der Waals surface area contributed by atoms with Crippen molar-refractivity contribution in [1.82, 2.24) is 14.9 Å². The van der Waals surface area contributed by atoms with E-state index in [1.54, 1.807) is 30.5 Å². The van der Waals surface area contributed by atoms with Gasteiger partial charge in [-0.15, -0.1) is 0 Å². The number of hydrogen-bond acceptors (Lipinski definition) is 8. The summed E-state index contributed by atoms with van der Waals surface area (Å²) in [4.78, 5) is 23.8. The van der Waals surface area contributed by atoms with Gasteiger partial charge in [0.05, 0.1) is 25.1 Å². The van der Waals surface area contributed by atoms with Gasteiger partial charge in [0.25, 0.3) is 5.91 Å². The van der Waals surface area contributed by atoms with Crippen LogP contribution in [0.5, 0.6) is 11.6 Å². The standard InChI is InChI=1S/C29H27FN6O3/c30-22-2-5-24(6-3-22)39-27-8-4-23(17-34-27)35-29(37)28(32)25-14-20(1-7-26(25)31)21-13-19(15-33-16-21)18-36-9-11-38-12-10-36/h1-8,13-17,32H,9-12,18,31H2,(H,35,37). The zero-order chi connectivity index (χ0) is 27.2. The molecule has 0 atom stereocenters. The third kappa shape index (κ3) is 6.61. The highest BCUT2D eigenvalue weighted by atomic mass is 19.1. The monoisotopic (exact) mass is 526 g/mol. The predicted molar refractivity (Wildman–Crippen MR) is 146 cm³/mol. The van der Waals surface area contributed by atoms with Crippen molar-refractivity contribution in [3.8, 4) is 22.8 Å². The Balaban J connectivity index is 1.26. The third-order valence-electron chi connectivity index (χ3n) is 6.22. The number of carbonyl (C=O) groups is 1. The number of anilines is 2. The molecule has 1 saturated heterocycles. The summed E-state index contributed by atoms with van der Waals surface area (Å²) < 4.78 is 24.1. The van der Waals surface area contributed by atoms with Crippen molar-refractivity contribution in [1.29, 1.82) is 5.41 Å². The fourth-order valence-corrected chi connectivity index (χ4v) is 4.16. The van der Waals surface area contributed by atoms with Crippen molar-refractivity contribution in [3.05, 3.63) is 96.2 Å². The molecule has 1 aliphatic heterocycles. The minimum Gasteiger partial charge on any atom is -0.439 e. The molecule has 0 saturated carbocycles. The zero-order valence-corrected chi connectivity index (χ0v) is 21.1. The summed E-state index contributed by atoms with van der Waals surface area (Å²) >= 11 is 0. The molecule has 0 aliphatic carbocycles. The number of nitrogens with two attached hydrogens (primary N) is 1. The van der Waals surface area contributed by atoms with Gasteiger partial charge in [0.2, 0.25) is 5.88 Å². The SMILES string of the molecule is N=C(C(=O)Nc1ccc(Oc2ccc(F)cc2)nc1)c1cc(-c2cncc(CN3CCOCC3)c2)ccc1N. The fraction of sp³-hybridized carbons (Fsp3) is 0.172. The number of halogens is 1. The third-order valence-corrected chi connectivity index (χ3v) is 6.22. The molecule has 9 nitrogen and oxygen atoms in total. The van der Waals surface area contributed by atoms with Crippen molar-refractivity contribution in [2.45, 2.75) is 6.54 Å². The molecule has 0 unspecified atom stereocenters. The Bertz CT molecular complexity index is 1470. The van der Waals surface area contributed by atoms with Crippen molar-refractivity contribution in [3.63, 3.8) is 0 Å². The number of pyridine rings is 2. The molecule has 0 radical (unpaired) electrons. The first-order valence-electron chi connectivity index (χ1n) is 12.4. The first-order chi connectivity index (χ1) is 18.9. The van der Waals surface area contributed by atoms with Crippen LogP contribution in [0.4, 0.5) is 15.8 Å². The first kappa shape index (κ1) is 26.0. The molecule has 1 fully saturated rings. The van der Waals surface area contributed by atoms with Crippen LogP contribution in [0.1, 0.15) is 11.1 Å². The Labute approximate surface area is 224 Å². The number of nitrogens with one attached hydrogen (secondary N) is 2. The Morgan fingerprint density at radius 2 is 1.82 bits per heavy atom. The van der Waals surface area contributed by atoms with Gasteiger partial charge in [-0.1, -0.05) is 6.07 Å². The van der Waals surface area contributed by atoms with Gasteiger partial charge in [-0.2, -0.15) is 0 Å². The van der Waals surface area contributed by atoms with Gasteiger partial charge in [-0.05, 0) is 59.7 Å². The number of morpholine rings is 1. The highest BCUT2D eigenvalue weighted by molar-refractivity contribution is 6.48. The molecule has 3 heterocycles. The van der Waals surface area contributed by atoms with Crippen molar-refractivity contribution >= 4 is 23.0 Å². The molecule has 1 aliphatic rings. The molecule has 5 rings (SSSR count). The fourth-order valence-electron chi connectivity index (χ4n) is 4.16. The van der Waals surface area contributed by atoms with E-state index in [4.69, 9.17) is 20.6 Å². The largest absolute Gasteiger partial charge is 0.439 e. The average molecular weight is 527 g/mol. The summed E-state index contributed by atoms with van der Waals surface area (Å²) in [5.74, 6) is -0.293. The van der Waals surface area contributed by atoms with Crippen LogP contribution < -0.4 is 15.8 Å². The Morgan fingerprint density at radius 3 is 2.56 bits per heavy atom. The maximum Gasteiger partial charge on any atom is 0.274 e. The highest BCUT2D eigenvalue weighted by Gasteiger charge is 2.17. The maximum absolute atomic E-state index is 13.1. The number of ether oxygens (including phenoxy) is 2. The summed E-state index contributed by atoms with van der Waals surface area (Å²) in [6.45, 7) is 3.97. The lowest BCUT2D eigenvalue weighted by molar-refractivity contribution is -0.110. The Kier molecular flexibility index (Phi) is 7.86. The van der Waals surface area contributed by atoms with E-state index in [1.165, 1.54) is 30.5 Å². The van der Waals surface area contributed by atoms with Crippen LogP contribution in [0.25, 0.3) is 11.1 Å². The van der Waals surface area contributed by atoms with Crippen LogP contribution >= 0.6 is 0 Å². The maximum atomic E-state index is 13.1. The minimum atomic E-state index is -0.632. The molecule has 198 valence electrons. The van der Waals surface area contributed by atoms with E-state index in [1.807, 2.05) is 12.3 Å². The van der Waals surface area contributed by atoms with E-state index in [-0.39, 0.29) is 17.4 Å². The van der Waals surface area contributed by atoms with Gasteiger partial charge in [-0.25, -0.2) is 9.37 Å². The van der Waals surface area contributed by atoms with Gasteiger partial charge in [0, 0.05) is 54.9 Å².